The van der Waals surface area contributed by atoms with Gasteiger partial charge in [0.15, 0.2) is 0 Å². The molecule has 1 aromatic rings. The normalized spacial score (nSPS) is 14.6. The predicted molar refractivity (Wildman–Crippen MR) is 87.4 cm³/mol. The zero-order valence-electron chi connectivity index (χ0n) is 13.2. The molecule has 2 amide bonds. The molecule has 0 aromatic heterocycles. The van der Waals surface area contributed by atoms with Crippen molar-refractivity contribution in [1.29, 1.82) is 0 Å². The van der Waals surface area contributed by atoms with Crippen LogP contribution in [-0.2, 0) is 16.0 Å². The SMILES string of the molecule is O=C(CCCCc1ccccc1)NCC(=O)N1CCCCC1. The van der Waals surface area contributed by atoms with Crippen LogP contribution in [0, 0.1) is 0 Å². The zero-order valence-corrected chi connectivity index (χ0v) is 13.2. The standard InChI is InChI=1S/C18H26N2O2/c21-17(12-6-5-11-16-9-3-1-4-10-16)19-15-18(22)20-13-7-2-8-14-20/h1,3-4,9-10H,2,5-8,11-15H2,(H,19,21). The highest BCUT2D eigenvalue weighted by atomic mass is 16.2. The first-order chi connectivity index (χ1) is 10.8. The van der Waals surface area contributed by atoms with Gasteiger partial charge in [-0.3, -0.25) is 9.59 Å². The van der Waals surface area contributed by atoms with Crippen molar-refractivity contribution in [2.75, 3.05) is 19.6 Å². The Morgan fingerprint density at radius 1 is 1.00 bits per heavy atom. The van der Waals surface area contributed by atoms with Gasteiger partial charge in [-0.05, 0) is 44.1 Å². The molecule has 1 fully saturated rings. The lowest BCUT2D eigenvalue weighted by Crippen LogP contribution is -2.42. The molecule has 0 unspecified atom stereocenters. The molecule has 4 nitrogen and oxygen atoms in total. The van der Waals surface area contributed by atoms with Crippen molar-refractivity contribution >= 4 is 11.8 Å². The molecule has 1 aromatic carbocycles. The summed E-state index contributed by atoms with van der Waals surface area (Å²) >= 11 is 0. The van der Waals surface area contributed by atoms with Crippen LogP contribution in [0.3, 0.4) is 0 Å². The minimum Gasteiger partial charge on any atom is -0.347 e. The number of carbonyl (C=O) groups excluding carboxylic acids is 2. The number of piperidine rings is 1. The van der Waals surface area contributed by atoms with Crippen molar-refractivity contribution in [1.82, 2.24) is 10.2 Å². The maximum atomic E-state index is 11.9. The third-order valence-corrected chi connectivity index (χ3v) is 4.11. The van der Waals surface area contributed by atoms with Crippen molar-refractivity contribution in [2.45, 2.75) is 44.9 Å². The lowest BCUT2D eigenvalue weighted by Gasteiger charge is -2.26. The monoisotopic (exact) mass is 302 g/mol. The maximum absolute atomic E-state index is 11.9. The van der Waals surface area contributed by atoms with Crippen LogP contribution in [-0.4, -0.2) is 36.3 Å². The van der Waals surface area contributed by atoms with Crippen LogP contribution in [0.15, 0.2) is 30.3 Å². The van der Waals surface area contributed by atoms with Gasteiger partial charge < -0.3 is 10.2 Å². The van der Waals surface area contributed by atoms with Crippen molar-refractivity contribution in [2.24, 2.45) is 0 Å². The third kappa shape index (κ3) is 5.88. The lowest BCUT2D eigenvalue weighted by molar-refractivity contribution is -0.133. The Hall–Kier alpha value is -1.84. The predicted octanol–water partition coefficient (Wildman–Crippen LogP) is 2.53. The van der Waals surface area contributed by atoms with Gasteiger partial charge in [-0.15, -0.1) is 0 Å². The molecule has 1 aliphatic rings. The summed E-state index contributed by atoms with van der Waals surface area (Å²) in [6.45, 7) is 1.83. The Bertz CT molecular complexity index is 467. The second-order valence-electron chi connectivity index (χ2n) is 5.91. The smallest absolute Gasteiger partial charge is 0.241 e. The molecule has 1 N–H and O–H groups in total. The highest BCUT2D eigenvalue weighted by molar-refractivity contribution is 5.84. The van der Waals surface area contributed by atoms with E-state index in [9.17, 15) is 9.59 Å². The second-order valence-corrected chi connectivity index (χ2v) is 5.91. The molecule has 4 heteroatoms. The van der Waals surface area contributed by atoms with E-state index in [0.29, 0.717) is 6.42 Å². The molecule has 1 aliphatic heterocycles. The van der Waals surface area contributed by atoms with Gasteiger partial charge in [-0.25, -0.2) is 0 Å². The fraction of sp³-hybridized carbons (Fsp3) is 0.556. The summed E-state index contributed by atoms with van der Waals surface area (Å²) in [6.07, 6.45) is 6.73. The first-order valence-corrected chi connectivity index (χ1v) is 8.34. The van der Waals surface area contributed by atoms with Gasteiger partial charge in [0.2, 0.25) is 11.8 Å². The Balaban J connectivity index is 1.55. The second kappa shape index (κ2) is 9.23. The number of hydrogen-bond donors (Lipinski definition) is 1. The molecule has 2 rings (SSSR count). The van der Waals surface area contributed by atoms with E-state index < -0.39 is 0 Å². The third-order valence-electron chi connectivity index (χ3n) is 4.11. The minimum atomic E-state index is -0.0154. The minimum absolute atomic E-state index is 0.0154. The van der Waals surface area contributed by atoms with E-state index in [-0.39, 0.29) is 18.4 Å². The Morgan fingerprint density at radius 2 is 1.73 bits per heavy atom. The topological polar surface area (TPSA) is 49.4 Å². The van der Waals surface area contributed by atoms with Crippen molar-refractivity contribution < 1.29 is 9.59 Å². The number of aryl methyl sites for hydroxylation is 1. The number of benzene rings is 1. The summed E-state index contributed by atoms with van der Waals surface area (Å²) in [5, 5.41) is 2.75. The van der Waals surface area contributed by atoms with E-state index in [1.807, 2.05) is 23.1 Å². The largest absolute Gasteiger partial charge is 0.347 e. The van der Waals surface area contributed by atoms with E-state index in [1.165, 1.54) is 12.0 Å². The van der Waals surface area contributed by atoms with Crippen LogP contribution in [0.1, 0.15) is 44.1 Å². The average Bonchev–Trinajstić information content (AvgIpc) is 2.58. The number of nitrogens with one attached hydrogen (secondary N) is 1. The van der Waals surface area contributed by atoms with Gasteiger partial charge in [-0.2, -0.15) is 0 Å². The van der Waals surface area contributed by atoms with E-state index in [4.69, 9.17) is 0 Å². The van der Waals surface area contributed by atoms with E-state index in [0.717, 1.165) is 45.2 Å². The number of rotatable bonds is 7. The fourth-order valence-corrected chi connectivity index (χ4v) is 2.78. The molecule has 1 saturated heterocycles. The van der Waals surface area contributed by atoms with Gasteiger partial charge in [0.05, 0.1) is 6.54 Å². The molecule has 0 radical (unpaired) electrons. The number of nitrogens with zero attached hydrogens (tertiary/aromatic N) is 1. The lowest BCUT2D eigenvalue weighted by atomic mass is 10.1. The fourth-order valence-electron chi connectivity index (χ4n) is 2.78. The van der Waals surface area contributed by atoms with E-state index in [2.05, 4.69) is 17.4 Å². The zero-order chi connectivity index (χ0) is 15.6. The summed E-state index contributed by atoms with van der Waals surface area (Å²) in [4.78, 5) is 25.5. The molecule has 0 aliphatic carbocycles. The number of hydrogen-bond acceptors (Lipinski definition) is 2. The van der Waals surface area contributed by atoms with E-state index in [1.54, 1.807) is 0 Å². The van der Waals surface area contributed by atoms with Crippen molar-refractivity contribution in [3.63, 3.8) is 0 Å². The quantitative estimate of drug-likeness (QED) is 0.787. The highest BCUT2D eigenvalue weighted by Crippen LogP contribution is 2.08. The Morgan fingerprint density at radius 3 is 2.45 bits per heavy atom. The first kappa shape index (κ1) is 16.5. The van der Waals surface area contributed by atoms with Crippen LogP contribution >= 0.6 is 0 Å². The molecular formula is C18H26N2O2. The van der Waals surface area contributed by atoms with Crippen LogP contribution in [0.5, 0.6) is 0 Å². The number of carbonyl (C=O) groups is 2. The number of likely N-dealkylation sites (tertiary alicyclic amines) is 1. The average molecular weight is 302 g/mol. The van der Waals surface area contributed by atoms with Gasteiger partial charge in [0, 0.05) is 19.5 Å². The summed E-state index contributed by atoms with van der Waals surface area (Å²) in [5.74, 6) is 0.0377. The van der Waals surface area contributed by atoms with Crippen molar-refractivity contribution in [3.05, 3.63) is 35.9 Å². The number of amides is 2. The van der Waals surface area contributed by atoms with Gasteiger partial charge in [0.1, 0.15) is 0 Å². The van der Waals surface area contributed by atoms with Crippen LogP contribution < -0.4 is 5.32 Å². The molecule has 120 valence electrons. The van der Waals surface area contributed by atoms with Crippen LogP contribution in [0.2, 0.25) is 0 Å². The summed E-state index contributed by atoms with van der Waals surface area (Å²) < 4.78 is 0. The Labute approximate surface area is 132 Å². The molecule has 0 spiro atoms. The molecule has 22 heavy (non-hydrogen) atoms. The van der Waals surface area contributed by atoms with Gasteiger partial charge in [-0.1, -0.05) is 30.3 Å². The summed E-state index contributed by atoms with van der Waals surface area (Å²) in [6, 6.07) is 10.3. The van der Waals surface area contributed by atoms with Crippen LogP contribution in [0.25, 0.3) is 0 Å². The molecule has 0 saturated carbocycles. The maximum Gasteiger partial charge on any atom is 0.241 e. The Kier molecular flexibility index (Phi) is 6.94. The number of unbranched alkanes of at least 4 members (excludes halogenated alkanes) is 1. The molecular weight excluding hydrogens is 276 g/mol. The highest BCUT2D eigenvalue weighted by Gasteiger charge is 2.16. The van der Waals surface area contributed by atoms with Crippen LogP contribution in [0.4, 0.5) is 0 Å². The summed E-state index contributed by atoms with van der Waals surface area (Å²) in [5.41, 5.74) is 1.31. The van der Waals surface area contributed by atoms with E-state index >= 15 is 0 Å². The van der Waals surface area contributed by atoms with Gasteiger partial charge in [0.25, 0.3) is 0 Å². The van der Waals surface area contributed by atoms with Crippen molar-refractivity contribution in [3.8, 4) is 0 Å². The molecule has 0 bridgehead atoms. The molecule has 0 atom stereocenters. The van der Waals surface area contributed by atoms with Gasteiger partial charge >= 0.3 is 0 Å². The first-order valence-electron chi connectivity index (χ1n) is 8.34. The molecule has 1 heterocycles. The summed E-state index contributed by atoms with van der Waals surface area (Å²) in [7, 11) is 0.